The Morgan fingerprint density at radius 2 is 1.88 bits per heavy atom. The van der Waals surface area contributed by atoms with Crippen molar-refractivity contribution in [3.8, 4) is 0 Å². The van der Waals surface area contributed by atoms with Crippen molar-refractivity contribution in [2.24, 2.45) is 23.5 Å². The van der Waals surface area contributed by atoms with Crippen LogP contribution < -0.4 is 11.1 Å². The van der Waals surface area contributed by atoms with E-state index in [0.29, 0.717) is 37.6 Å². The fourth-order valence-electron chi connectivity index (χ4n) is 4.41. The molecule has 2 atom stereocenters. The summed E-state index contributed by atoms with van der Waals surface area (Å²) in [6.07, 6.45) is 5.59. The van der Waals surface area contributed by atoms with Crippen molar-refractivity contribution < 1.29 is 9.53 Å². The van der Waals surface area contributed by atoms with Gasteiger partial charge in [-0.2, -0.15) is 0 Å². The summed E-state index contributed by atoms with van der Waals surface area (Å²) in [5.74, 6) is 1.42. The largest absolute Gasteiger partial charge is 0.377 e. The number of fused-ring (bicyclic) bond motifs is 2. The van der Waals surface area contributed by atoms with Crippen LogP contribution in [0, 0.1) is 17.8 Å². The van der Waals surface area contributed by atoms with Crippen molar-refractivity contribution in [2.45, 2.75) is 58.2 Å². The van der Waals surface area contributed by atoms with Crippen LogP contribution in [0.4, 0.5) is 0 Å². The second-order valence-electron chi connectivity index (χ2n) is 7.32. The molecule has 0 aromatic heterocycles. The summed E-state index contributed by atoms with van der Waals surface area (Å²) in [4.78, 5) is 12.7. The summed E-state index contributed by atoms with van der Waals surface area (Å²) in [6.45, 7) is 3.88. The summed E-state index contributed by atoms with van der Waals surface area (Å²) < 4.78 is 5.52. The van der Waals surface area contributed by atoms with Crippen molar-refractivity contribution in [3.05, 3.63) is 35.4 Å². The van der Waals surface area contributed by atoms with Gasteiger partial charge < -0.3 is 15.8 Å². The molecular formula is C20H30N2O2. The van der Waals surface area contributed by atoms with Gasteiger partial charge in [0.1, 0.15) is 0 Å². The zero-order chi connectivity index (χ0) is 16.9. The van der Waals surface area contributed by atoms with Gasteiger partial charge >= 0.3 is 0 Å². The zero-order valence-electron chi connectivity index (χ0n) is 14.7. The Kier molecular flexibility index (Phi) is 5.90. The molecule has 3 rings (SSSR count). The molecule has 24 heavy (non-hydrogen) atoms. The lowest BCUT2D eigenvalue weighted by atomic mass is 9.65. The molecule has 0 radical (unpaired) electrons. The average Bonchev–Trinajstić information content (AvgIpc) is 2.58. The molecule has 2 bridgehead atoms. The molecule has 4 heteroatoms. The van der Waals surface area contributed by atoms with E-state index >= 15 is 0 Å². The highest BCUT2D eigenvalue weighted by Gasteiger charge is 2.40. The van der Waals surface area contributed by atoms with Crippen LogP contribution >= 0.6 is 0 Å². The Morgan fingerprint density at radius 3 is 2.54 bits per heavy atom. The van der Waals surface area contributed by atoms with Crippen LogP contribution in [0.2, 0.25) is 0 Å². The zero-order valence-corrected chi connectivity index (χ0v) is 14.7. The molecule has 0 spiro atoms. The van der Waals surface area contributed by atoms with Gasteiger partial charge in [-0.25, -0.2) is 0 Å². The number of amides is 1. The molecule has 2 aliphatic carbocycles. The lowest BCUT2D eigenvalue weighted by Gasteiger charge is -2.43. The first kappa shape index (κ1) is 17.4. The molecule has 1 aromatic carbocycles. The van der Waals surface area contributed by atoms with Gasteiger partial charge in [-0.15, -0.1) is 0 Å². The monoisotopic (exact) mass is 330 g/mol. The van der Waals surface area contributed by atoms with Gasteiger partial charge in [-0.3, -0.25) is 4.79 Å². The molecule has 0 saturated heterocycles. The summed E-state index contributed by atoms with van der Waals surface area (Å²) in [6, 6.07) is 8.49. The van der Waals surface area contributed by atoms with Crippen LogP contribution in [0.15, 0.2) is 24.3 Å². The van der Waals surface area contributed by atoms with Crippen molar-refractivity contribution in [2.75, 3.05) is 6.61 Å². The number of hydrogen-bond donors (Lipinski definition) is 2. The molecule has 3 N–H and O–H groups in total. The van der Waals surface area contributed by atoms with Gasteiger partial charge in [0.15, 0.2) is 0 Å². The predicted molar refractivity (Wildman–Crippen MR) is 95.1 cm³/mol. The molecule has 0 heterocycles. The first-order chi connectivity index (χ1) is 11.7. The molecule has 2 fully saturated rings. The van der Waals surface area contributed by atoms with Crippen molar-refractivity contribution in [1.82, 2.24) is 5.32 Å². The van der Waals surface area contributed by atoms with Crippen molar-refractivity contribution in [3.63, 3.8) is 0 Å². The second-order valence-corrected chi connectivity index (χ2v) is 7.32. The van der Waals surface area contributed by atoms with Crippen LogP contribution in [0.25, 0.3) is 0 Å². The highest BCUT2D eigenvalue weighted by molar-refractivity contribution is 5.78. The first-order valence-corrected chi connectivity index (χ1v) is 9.36. The number of nitrogens with two attached hydrogens (primary N) is 1. The standard InChI is InChI=1S/C20H30N2O2/c1-2-24-13-17-7-4-3-6-16(17)12-22-20(23)18-10-14-8-5-9-15(11-18)19(14)21/h3-4,6-7,14-15,18-19H,2,5,8-13,21H2,1H3,(H,22,23). The first-order valence-electron chi connectivity index (χ1n) is 9.36. The van der Waals surface area contributed by atoms with Crippen molar-refractivity contribution in [1.29, 1.82) is 0 Å². The summed E-state index contributed by atoms with van der Waals surface area (Å²) >= 11 is 0. The molecule has 4 nitrogen and oxygen atoms in total. The summed E-state index contributed by atoms with van der Waals surface area (Å²) in [5, 5.41) is 3.15. The van der Waals surface area contributed by atoms with Gasteiger partial charge in [0.25, 0.3) is 0 Å². The van der Waals surface area contributed by atoms with Crippen LogP contribution in [0.5, 0.6) is 0 Å². The number of rotatable bonds is 6. The summed E-state index contributed by atoms with van der Waals surface area (Å²) in [7, 11) is 0. The van der Waals surface area contributed by atoms with Gasteiger partial charge in [0, 0.05) is 25.1 Å². The molecule has 132 valence electrons. The van der Waals surface area contributed by atoms with E-state index in [9.17, 15) is 4.79 Å². The molecular weight excluding hydrogens is 300 g/mol. The quantitative estimate of drug-likeness (QED) is 0.843. The highest BCUT2D eigenvalue weighted by Crippen LogP contribution is 2.41. The van der Waals surface area contributed by atoms with Crippen LogP contribution in [0.3, 0.4) is 0 Å². The molecule has 1 aromatic rings. The molecule has 1 amide bonds. The Bertz CT molecular complexity index is 546. The fraction of sp³-hybridized carbons (Fsp3) is 0.650. The number of ether oxygens (including phenoxy) is 1. The number of benzene rings is 1. The minimum absolute atomic E-state index is 0.138. The van der Waals surface area contributed by atoms with Crippen LogP contribution in [0.1, 0.15) is 50.2 Å². The minimum Gasteiger partial charge on any atom is -0.377 e. The Morgan fingerprint density at radius 1 is 1.21 bits per heavy atom. The Hall–Kier alpha value is -1.39. The fourth-order valence-corrected chi connectivity index (χ4v) is 4.41. The second kappa shape index (κ2) is 8.13. The third kappa shape index (κ3) is 3.98. The number of carbonyl (C=O) groups excluding carboxylic acids is 1. The van der Waals surface area contributed by atoms with E-state index in [2.05, 4.69) is 17.4 Å². The van der Waals surface area contributed by atoms with Crippen LogP contribution in [-0.4, -0.2) is 18.6 Å². The Labute approximate surface area is 145 Å². The maximum Gasteiger partial charge on any atom is 0.223 e. The maximum atomic E-state index is 12.7. The molecule has 2 aliphatic rings. The third-order valence-electron chi connectivity index (χ3n) is 5.82. The third-order valence-corrected chi connectivity index (χ3v) is 5.82. The highest BCUT2D eigenvalue weighted by atomic mass is 16.5. The Balaban J connectivity index is 1.56. The number of nitrogens with one attached hydrogen (secondary N) is 1. The number of hydrogen-bond acceptors (Lipinski definition) is 3. The van der Waals surface area contributed by atoms with E-state index in [1.165, 1.54) is 19.3 Å². The minimum atomic E-state index is 0.138. The van der Waals surface area contributed by atoms with Crippen molar-refractivity contribution >= 4 is 5.91 Å². The maximum absolute atomic E-state index is 12.7. The smallest absolute Gasteiger partial charge is 0.223 e. The van der Waals surface area contributed by atoms with E-state index in [4.69, 9.17) is 10.5 Å². The van der Waals surface area contributed by atoms with E-state index in [1.807, 2.05) is 19.1 Å². The van der Waals surface area contributed by atoms with E-state index in [-0.39, 0.29) is 11.8 Å². The van der Waals surface area contributed by atoms with Crippen LogP contribution in [-0.2, 0) is 22.7 Å². The predicted octanol–water partition coefficient (Wildman–Crippen LogP) is 2.99. The molecule has 0 aliphatic heterocycles. The average molecular weight is 330 g/mol. The van der Waals surface area contributed by atoms with Gasteiger partial charge in [0.05, 0.1) is 6.61 Å². The molecule has 2 unspecified atom stereocenters. The van der Waals surface area contributed by atoms with E-state index in [1.54, 1.807) is 0 Å². The SMILES string of the molecule is CCOCc1ccccc1CNC(=O)C1CC2CCCC(C1)C2N. The van der Waals surface area contributed by atoms with E-state index < -0.39 is 0 Å². The lowest BCUT2D eigenvalue weighted by Crippen LogP contribution is -2.49. The molecule has 2 saturated carbocycles. The summed E-state index contributed by atoms with van der Waals surface area (Å²) in [5.41, 5.74) is 8.63. The normalized spacial score (nSPS) is 29.2. The topological polar surface area (TPSA) is 64.3 Å². The lowest BCUT2D eigenvalue weighted by molar-refractivity contribution is -0.128. The van der Waals surface area contributed by atoms with Gasteiger partial charge in [-0.1, -0.05) is 30.7 Å². The van der Waals surface area contributed by atoms with E-state index in [0.717, 1.165) is 24.0 Å². The van der Waals surface area contributed by atoms with Gasteiger partial charge in [-0.05, 0) is 55.6 Å². The van der Waals surface area contributed by atoms with Gasteiger partial charge in [0.2, 0.25) is 5.91 Å². The number of carbonyl (C=O) groups is 1.